The fraction of sp³-hybridized carbons (Fsp3) is 0.235. The van der Waals surface area contributed by atoms with Crippen molar-refractivity contribution in [3.05, 3.63) is 59.8 Å². The van der Waals surface area contributed by atoms with Crippen LogP contribution in [0.5, 0.6) is 0 Å². The third-order valence-corrected chi connectivity index (χ3v) is 6.83. The Labute approximate surface area is 160 Å². The highest BCUT2D eigenvalue weighted by atomic mass is 79.9. The molecule has 4 nitrogen and oxygen atoms in total. The molecule has 0 aliphatic carbocycles. The number of H-pyrrole nitrogens is 1. The highest BCUT2D eigenvalue weighted by Gasteiger charge is 2.03. The second kappa shape index (κ2) is 8.29. The van der Waals surface area contributed by atoms with E-state index in [0.29, 0.717) is 0 Å². The molecule has 1 aromatic carbocycles. The SMILES string of the molecule is O=c1cc(NCCCNCc2cc(Br)c(Br)s2)[nH]c2ccccc12. The van der Waals surface area contributed by atoms with E-state index in [1.165, 1.54) is 4.88 Å². The van der Waals surface area contributed by atoms with E-state index in [1.807, 2.05) is 24.3 Å². The Hall–Kier alpha value is -1.15. The van der Waals surface area contributed by atoms with Crippen molar-refractivity contribution < 1.29 is 0 Å². The minimum atomic E-state index is 0.0406. The van der Waals surface area contributed by atoms with Gasteiger partial charge in [0.15, 0.2) is 5.43 Å². The smallest absolute Gasteiger partial charge is 0.191 e. The molecule has 3 N–H and O–H groups in total. The van der Waals surface area contributed by atoms with Gasteiger partial charge < -0.3 is 15.6 Å². The van der Waals surface area contributed by atoms with Crippen molar-refractivity contribution in [3.8, 4) is 0 Å². The van der Waals surface area contributed by atoms with Crippen LogP contribution in [0.4, 0.5) is 5.82 Å². The predicted octanol–water partition coefficient (Wildman–Crippen LogP) is 4.71. The second-order valence-electron chi connectivity index (χ2n) is 5.38. The molecular formula is C17H17Br2N3OS. The second-order valence-corrected chi connectivity index (χ2v) is 8.69. The van der Waals surface area contributed by atoms with Crippen molar-refractivity contribution in [1.82, 2.24) is 10.3 Å². The first kappa shape index (κ1) is 17.7. The Morgan fingerprint density at radius 3 is 2.75 bits per heavy atom. The van der Waals surface area contributed by atoms with Crippen LogP contribution in [0.2, 0.25) is 0 Å². The fourth-order valence-corrected chi connectivity index (χ4v) is 4.57. The van der Waals surface area contributed by atoms with Crippen molar-refractivity contribution in [1.29, 1.82) is 0 Å². The molecule has 0 aliphatic rings. The van der Waals surface area contributed by atoms with Gasteiger partial charge in [-0.3, -0.25) is 4.79 Å². The average Bonchev–Trinajstić information content (AvgIpc) is 2.89. The average molecular weight is 471 g/mol. The van der Waals surface area contributed by atoms with Gasteiger partial charge in [0.1, 0.15) is 5.82 Å². The monoisotopic (exact) mass is 469 g/mol. The molecule has 0 radical (unpaired) electrons. The van der Waals surface area contributed by atoms with E-state index in [2.05, 4.69) is 53.5 Å². The number of thiophene rings is 1. The van der Waals surface area contributed by atoms with Crippen LogP contribution in [0.25, 0.3) is 10.9 Å². The van der Waals surface area contributed by atoms with Crippen LogP contribution in [0, 0.1) is 0 Å². The van der Waals surface area contributed by atoms with Gasteiger partial charge >= 0.3 is 0 Å². The van der Waals surface area contributed by atoms with Crippen molar-refractivity contribution in [2.45, 2.75) is 13.0 Å². The molecule has 0 saturated heterocycles. The maximum atomic E-state index is 12.0. The summed E-state index contributed by atoms with van der Waals surface area (Å²) in [5, 5.41) is 7.43. The number of hydrogen-bond acceptors (Lipinski definition) is 4. The Balaban J connectivity index is 1.44. The van der Waals surface area contributed by atoms with Crippen LogP contribution < -0.4 is 16.1 Å². The Morgan fingerprint density at radius 1 is 1.12 bits per heavy atom. The highest BCUT2D eigenvalue weighted by Crippen LogP contribution is 2.32. The number of anilines is 1. The topological polar surface area (TPSA) is 56.9 Å². The van der Waals surface area contributed by atoms with Crippen LogP contribution >= 0.6 is 43.2 Å². The van der Waals surface area contributed by atoms with E-state index in [0.717, 1.165) is 51.0 Å². The first-order valence-corrected chi connectivity index (χ1v) is 10.0. The molecule has 0 bridgehead atoms. The molecule has 7 heteroatoms. The lowest BCUT2D eigenvalue weighted by Gasteiger charge is -2.08. The number of rotatable bonds is 7. The van der Waals surface area contributed by atoms with Gasteiger partial charge in [-0.25, -0.2) is 0 Å². The van der Waals surface area contributed by atoms with E-state index < -0.39 is 0 Å². The van der Waals surface area contributed by atoms with Gasteiger partial charge in [0.2, 0.25) is 0 Å². The highest BCUT2D eigenvalue weighted by molar-refractivity contribution is 9.13. The first-order chi connectivity index (χ1) is 11.6. The first-order valence-electron chi connectivity index (χ1n) is 7.64. The quantitative estimate of drug-likeness (QED) is 0.438. The van der Waals surface area contributed by atoms with Gasteiger partial charge in [-0.15, -0.1) is 11.3 Å². The van der Waals surface area contributed by atoms with Crippen LogP contribution in [-0.2, 0) is 6.54 Å². The summed E-state index contributed by atoms with van der Waals surface area (Å²) in [6, 6.07) is 11.3. The zero-order chi connectivity index (χ0) is 16.9. The molecule has 24 heavy (non-hydrogen) atoms. The molecule has 2 aromatic heterocycles. The summed E-state index contributed by atoms with van der Waals surface area (Å²) in [6.45, 7) is 2.58. The van der Waals surface area contributed by atoms with Crippen molar-refractivity contribution >= 4 is 59.9 Å². The van der Waals surface area contributed by atoms with Gasteiger partial charge in [0, 0.05) is 33.9 Å². The predicted molar refractivity (Wildman–Crippen MR) is 109 cm³/mol. The van der Waals surface area contributed by atoms with Crippen LogP contribution in [0.15, 0.2) is 49.5 Å². The van der Waals surface area contributed by atoms with Crippen LogP contribution in [0.1, 0.15) is 11.3 Å². The zero-order valence-corrected chi connectivity index (χ0v) is 16.9. The molecule has 0 fully saturated rings. The van der Waals surface area contributed by atoms with Crippen LogP contribution in [-0.4, -0.2) is 18.1 Å². The number of benzene rings is 1. The Kier molecular flexibility index (Phi) is 6.10. The lowest BCUT2D eigenvalue weighted by Crippen LogP contribution is -2.17. The van der Waals surface area contributed by atoms with Gasteiger partial charge in [-0.05, 0) is 63.0 Å². The zero-order valence-electron chi connectivity index (χ0n) is 12.9. The van der Waals surface area contributed by atoms with E-state index in [1.54, 1.807) is 17.4 Å². The maximum Gasteiger partial charge on any atom is 0.191 e. The van der Waals surface area contributed by atoms with Crippen molar-refractivity contribution in [3.63, 3.8) is 0 Å². The molecule has 0 saturated carbocycles. The summed E-state index contributed by atoms with van der Waals surface area (Å²) >= 11 is 8.73. The summed E-state index contributed by atoms with van der Waals surface area (Å²) in [5.41, 5.74) is 0.901. The summed E-state index contributed by atoms with van der Waals surface area (Å²) < 4.78 is 2.23. The van der Waals surface area contributed by atoms with Gasteiger partial charge in [-0.2, -0.15) is 0 Å². The fourth-order valence-electron chi connectivity index (χ4n) is 2.42. The largest absolute Gasteiger partial charge is 0.371 e. The third-order valence-electron chi connectivity index (χ3n) is 3.58. The van der Waals surface area contributed by atoms with Gasteiger partial charge in [-0.1, -0.05) is 12.1 Å². The minimum Gasteiger partial charge on any atom is -0.371 e. The summed E-state index contributed by atoms with van der Waals surface area (Å²) in [5.74, 6) is 0.768. The number of halogens is 2. The van der Waals surface area contributed by atoms with Gasteiger partial charge in [0.25, 0.3) is 0 Å². The molecule has 0 aliphatic heterocycles. The number of aromatic nitrogens is 1. The number of pyridine rings is 1. The normalized spacial score (nSPS) is 11.1. The molecule has 3 rings (SSSR count). The number of para-hydroxylation sites is 1. The number of fused-ring (bicyclic) bond motifs is 1. The van der Waals surface area contributed by atoms with Gasteiger partial charge in [0.05, 0.1) is 9.30 Å². The Bertz CT molecular complexity index is 871. The van der Waals surface area contributed by atoms with Crippen molar-refractivity contribution in [2.75, 3.05) is 18.4 Å². The molecular weight excluding hydrogens is 454 g/mol. The van der Waals surface area contributed by atoms with E-state index in [4.69, 9.17) is 0 Å². The summed E-state index contributed by atoms with van der Waals surface area (Å²) in [7, 11) is 0. The molecule has 0 atom stereocenters. The lowest BCUT2D eigenvalue weighted by atomic mass is 10.2. The molecule has 3 aromatic rings. The molecule has 0 unspecified atom stereocenters. The standard InChI is InChI=1S/C17H17Br2N3OS/c18-13-8-11(24-17(13)19)10-20-6-3-7-21-16-9-15(23)12-4-1-2-5-14(12)22-16/h1-2,4-5,8-9,20H,3,6-7,10H2,(H2,21,22,23). The number of hydrogen-bond donors (Lipinski definition) is 3. The minimum absolute atomic E-state index is 0.0406. The molecule has 2 heterocycles. The Morgan fingerprint density at radius 2 is 1.96 bits per heavy atom. The molecule has 126 valence electrons. The van der Waals surface area contributed by atoms with E-state index in [-0.39, 0.29) is 5.43 Å². The van der Waals surface area contributed by atoms with E-state index >= 15 is 0 Å². The lowest BCUT2D eigenvalue weighted by molar-refractivity contribution is 0.668. The summed E-state index contributed by atoms with van der Waals surface area (Å²) in [4.78, 5) is 16.6. The third kappa shape index (κ3) is 4.47. The molecule has 0 amide bonds. The van der Waals surface area contributed by atoms with Crippen LogP contribution in [0.3, 0.4) is 0 Å². The summed E-state index contributed by atoms with van der Waals surface area (Å²) in [6.07, 6.45) is 0.975. The van der Waals surface area contributed by atoms with E-state index in [9.17, 15) is 4.79 Å². The number of nitrogens with one attached hydrogen (secondary N) is 3. The molecule has 0 spiro atoms. The maximum absolute atomic E-state index is 12.0. The van der Waals surface area contributed by atoms with Crippen molar-refractivity contribution in [2.24, 2.45) is 0 Å². The number of aromatic amines is 1.